The molecule has 1 aromatic heterocycles. The number of urea groups is 1. The molecule has 1 saturated heterocycles. The molecule has 1 aliphatic rings. The number of ether oxygens (including phenoxy) is 1. The Kier molecular flexibility index (Phi) is 5.45. The summed E-state index contributed by atoms with van der Waals surface area (Å²) in [7, 11) is 1.74. The highest BCUT2D eigenvalue weighted by Gasteiger charge is 2.24. The van der Waals surface area contributed by atoms with Gasteiger partial charge in [0.1, 0.15) is 0 Å². The van der Waals surface area contributed by atoms with Gasteiger partial charge in [0.2, 0.25) is 5.95 Å². The fourth-order valence-corrected chi connectivity index (χ4v) is 3.07. The van der Waals surface area contributed by atoms with Crippen LogP contribution in [0.15, 0.2) is 36.7 Å². The van der Waals surface area contributed by atoms with Gasteiger partial charge in [-0.25, -0.2) is 14.8 Å². The van der Waals surface area contributed by atoms with Crippen LogP contribution in [0.1, 0.15) is 12.0 Å². The molecule has 0 bridgehead atoms. The second kappa shape index (κ2) is 7.94. The molecule has 1 aromatic carbocycles. The number of nitrogens with two attached hydrogens (primary N) is 1. The van der Waals surface area contributed by atoms with Gasteiger partial charge in [-0.3, -0.25) is 0 Å². The molecule has 2 aromatic rings. The highest BCUT2D eigenvalue weighted by Crippen LogP contribution is 2.23. The SMILES string of the molecule is COCC1CCN(c2ncc(-c3cccc(CNC(N)=O)c3)cn2)C1. The summed E-state index contributed by atoms with van der Waals surface area (Å²) in [4.78, 5) is 22.1. The van der Waals surface area contributed by atoms with Crippen LogP contribution in [0.25, 0.3) is 11.1 Å². The number of nitrogens with one attached hydrogen (secondary N) is 1. The van der Waals surface area contributed by atoms with Crippen molar-refractivity contribution in [1.82, 2.24) is 15.3 Å². The van der Waals surface area contributed by atoms with E-state index in [1.165, 1.54) is 0 Å². The monoisotopic (exact) mass is 341 g/mol. The Labute approximate surface area is 147 Å². The Bertz CT molecular complexity index is 720. The number of amides is 2. The summed E-state index contributed by atoms with van der Waals surface area (Å²) in [5.41, 5.74) is 8.04. The zero-order valence-electron chi connectivity index (χ0n) is 14.3. The van der Waals surface area contributed by atoms with Gasteiger partial charge in [-0.15, -0.1) is 0 Å². The predicted octanol–water partition coefficient (Wildman–Crippen LogP) is 1.78. The molecule has 2 heterocycles. The fraction of sp³-hybridized carbons (Fsp3) is 0.389. The third kappa shape index (κ3) is 4.45. The summed E-state index contributed by atoms with van der Waals surface area (Å²) in [6.45, 7) is 3.07. The van der Waals surface area contributed by atoms with Crippen molar-refractivity contribution in [3.63, 3.8) is 0 Å². The average Bonchev–Trinajstić information content (AvgIpc) is 3.09. The molecule has 1 fully saturated rings. The van der Waals surface area contributed by atoms with Crippen molar-refractivity contribution in [2.75, 3.05) is 31.7 Å². The number of anilines is 1. The van der Waals surface area contributed by atoms with Crippen molar-refractivity contribution in [2.45, 2.75) is 13.0 Å². The van der Waals surface area contributed by atoms with E-state index in [-0.39, 0.29) is 0 Å². The highest BCUT2D eigenvalue weighted by atomic mass is 16.5. The van der Waals surface area contributed by atoms with Crippen LogP contribution in [0.2, 0.25) is 0 Å². The lowest BCUT2D eigenvalue weighted by Gasteiger charge is -2.16. The Morgan fingerprint density at radius 1 is 1.36 bits per heavy atom. The zero-order valence-corrected chi connectivity index (χ0v) is 14.3. The number of methoxy groups -OCH3 is 1. The lowest BCUT2D eigenvalue weighted by molar-refractivity contribution is 0.161. The van der Waals surface area contributed by atoms with Gasteiger partial charge in [0.15, 0.2) is 0 Å². The van der Waals surface area contributed by atoms with E-state index in [1.54, 1.807) is 7.11 Å². The number of hydrogen-bond donors (Lipinski definition) is 2. The van der Waals surface area contributed by atoms with E-state index in [1.807, 2.05) is 36.7 Å². The van der Waals surface area contributed by atoms with E-state index >= 15 is 0 Å². The van der Waals surface area contributed by atoms with E-state index in [0.29, 0.717) is 12.5 Å². The van der Waals surface area contributed by atoms with Gasteiger partial charge in [-0.05, 0) is 23.6 Å². The van der Waals surface area contributed by atoms with Crippen LogP contribution in [-0.4, -0.2) is 42.8 Å². The van der Waals surface area contributed by atoms with Gasteiger partial charge < -0.3 is 20.7 Å². The maximum Gasteiger partial charge on any atom is 0.312 e. The van der Waals surface area contributed by atoms with Crippen LogP contribution in [0, 0.1) is 5.92 Å². The molecular formula is C18H23N5O2. The minimum atomic E-state index is -0.532. The summed E-state index contributed by atoms with van der Waals surface area (Å²) in [6.07, 6.45) is 4.78. The third-order valence-electron chi connectivity index (χ3n) is 4.34. The van der Waals surface area contributed by atoms with Crippen LogP contribution in [0.3, 0.4) is 0 Å². The average molecular weight is 341 g/mol. The van der Waals surface area contributed by atoms with Crippen molar-refractivity contribution < 1.29 is 9.53 Å². The molecule has 1 atom stereocenters. The number of benzene rings is 1. The van der Waals surface area contributed by atoms with Crippen molar-refractivity contribution in [2.24, 2.45) is 11.7 Å². The van der Waals surface area contributed by atoms with Crippen molar-refractivity contribution in [3.8, 4) is 11.1 Å². The number of hydrogen-bond acceptors (Lipinski definition) is 5. The Balaban J connectivity index is 1.68. The predicted molar refractivity (Wildman–Crippen MR) is 96.1 cm³/mol. The second-order valence-electron chi connectivity index (χ2n) is 6.25. The van der Waals surface area contributed by atoms with Gasteiger partial charge in [-0.1, -0.05) is 18.2 Å². The second-order valence-corrected chi connectivity index (χ2v) is 6.25. The van der Waals surface area contributed by atoms with Gasteiger partial charge in [0.25, 0.3) is 0 Å². The lowest BCUT2D eigenvalue weighted by atomic mass is 10.1. The third-order valence-corrected chi connectivity index (χ3v) is 4.34. The van der Waals surface area contributed by atoms with E-state index in [0.717, 1.165) is 48.8 Å². The molecule has 0 aliphatic carbocycles. The number of carbonyl (C=O) groups is 1. The standard InChI is InChI=1S/C18H23N5O2/c1-25-12-14-5-6-23(11-14)18-21-9-16(10-22-18)15-4-2-3-13(7-15)8-20-17(19)24/h2-4,7,9-10,14H,5-6,8,11-12H2,1H3,(H3,19,20,24). The highest BCUT2D eigenvalue weighted by molar-refractivity contribution is 5.71. The maximum absolute atomic E-state index is 10.8. The molecule has 2 amide bonds. The molecule has 25 heavy (non-hydrogen) atoms. The Morgan fingerprint density at radius 3 is 2.88 bits per heavy atom. The van der Waals surface area contributed by atoms with E-state index in [9.17, 15) is 4.79 Å². The first kappa shape index (κ1) is 17.2. The van der Waals surface area contributed by atoms with E-state index in [4.69, 9.17) is 10.5 Å². The van der Waals surface area contributed by atoms with Gasteiger partial charge >= 0.3 is 6.03 Å². The van der Waals surface area contributed by atoms with Gasteiger partial charge in [-0.2, -0.15) is 0 Å². The van der Waals surface area contributed by atoms with Crippen LogP contribution in [0.5, 0.6) is 0 Å². The normalized spacial score (nSPS) is 16.8. The summed E-state index contributed by atoms with van der Waals surface area (Å²) in [5.74, 6) is 1.30. The lowest BCUT2D eigenvalue weighted by Crippen LogP contribution is -2.28. The summed E-state index contributed by atoms with van der Waals surface area (Å²) < 4.78 is 5.23. The number of primary amides is 1. The van der Waals surface area contributed by atoms with Crippen LogP contribution in [0.4, 0.5) is 10.7 Å². The molecular weight excluding hydrogens is 318 g/mol. The number of carbonyl (C=O) groups excluding carboxylic acids is 1. The molecule has 7 heteroatoms. The maximum atomic E-state index is 10.8. The number of rotatable bonds is 6. The minimum Gasteiger partial charge on any atom is -0.384 e. The molecule has 3 rings (SSSR count). The van der Waals surface area contributed by atoms with E-state index in [2.05, 4.69) is 20.2 Å². The minimum absolute atomic E-state index is 0.400. The molecule has 3 N–H and O–H groups in total. The molecule has 0 spiro atoms. The zero-order chi connectivity index (χ0) is 17.6. The molecule has 132 valence electrons. The topological polar surface area (TPSA) is 93.4 Å². The first-order valence-electron chi connectivity index (χ1n) is 8.34. The summed E-state index contributed by atoms with van der Waals surface area (Å²) in [5, 5.41) is 2.59. The molecule has 1 unspecified atom stereocenters. The smallest absolute Gasteiger partial charge is 0.312 e. The Morgan fingerprint density at radius 2 is 2.16 bits per heavy atom. The molecule has 0 saturated carbocycles. The molecule has 7 nitrogen and oxygen atoms in total. The number of aromatic nitrogens is 2. The van der Waals surface area contributed by atoms with Gasteiger partial charge in [0.05, 0.1) is 6.61 Å². The first-order valence-corrected chi connectivity index (χ1v) is 8.34. The fourth-order valence-electron chi connectivity index (χ4n) is 3.07. The Hall–Kier alpha value is -2.67. The largest absolute Gasteiger partial charge is 0.384 e. The van der Waals surface area contributed by atoms with Crippen LogP contribution >= 0.6 is 0 Å². The molecule has 1 aliphatic heterocycles. The number of nitrogens with zero attached hydrogens (tertiary/aromatic N) is 3. The van der Waals surface area contributed by atoms with Crippen molar-refractivity contribution in [3.05, 3.63) is 42.2 Å². The summed E-state index contributed by atoms with van der Waals surface area (Å²) >= 11 is 0. The van der Waals surface area contributed by atoms with Crippen molar-refractivity contribution >= 4 is 12.0 Å². The molecule has 0 radical (unpaired) electrons. The first-order chi connectivity index (χ1) is 12.2. The van der Waals surface area contributed by atoms with Crippen LogP contribution in [-0.2, 0) is 11.3 Å². The quantitative estimate of drug-likeness (QED) is 0.835. The summed E-state index contributed by atoms with van der Waals surface area (Å²) in [6, 6.07) is 7.34. The van der Waals surface area contributed by atoms with Gasteiger partial charge in [0, 0.05) is 50.6 Å². The van der Waals surface area contributed by atoms with E-state index < -0.39 is 6.03 Å². The van der Waals surface area contributed by atoms with Crippen LogP contribution < -0.4 is 16.0 Å². The van der Waals surface area contributed by atoms with Crippen molar-refractivity contribution in [1.29, 1.82) is 0 Å².